The molecule has 0 aliphatic heterocycles. The predicted octanol–water partition coefficient (Wildman–Crippen LogP) is 9.50. The number of pyridine rings is 1. The molecule has 0 atom stereocenters. The van der Waals surface area contributed by atoms with Gasteiger partial charge in [0, 0.05) is 36.0 Å². The zero-order valence-electron chi connectivity index (χ0n) is 22.7. The maximum Gasteiger partial charge on any atom is 0.0719 e. The fourth-order valence-corrected chi connectivity index (χ4v) is 5.78. The molecule has 0 radical (unpaired) electrons. The molecule has 2 heteroatoms. The number of fused-ring (bicyclic) bond motifs is 3. The van der Waals surface area contributed by atoms with E-state index in [0.29, 0.717) is 11.1 Å². The minimum Gasteiger partial charge on any atom is -0.256 e. The van der Waals surface area contributed by atoms with Crippen LogP contribution in [0.1, 0.15) is 40.5 Å². The molecule has 2 heterocycles. The first kappa shape index (κ1) is 18.6. The Bertz CT molecular complexity index is 1760. The first-order valence-electron chi connectivity index (χ1n) is 13.3. The Kier molecular flexibility index (Phi) is 4.84. The summed E-state index contributed by atoms with van der Waals surface area (Å²) < 4.78 is 28.5. The number of rotatable bonds is 5. The van der Waals surface area contributed by atoms with Crippen molar-refractivity contribution >= 4 is 31.5 Å². The lowest BCUT2D eigenvalue weighted by Gasteiger charge is -2.08. The monoisotopic (exact) mass is 472 g/mol. The molecule has 6 aromatic rings. The zero-order valence-corrected chi connectivity index (χ0v) is 20.6. The first-order chi connectivity index (χ1) is 18.2. The second-order valence-corrected chi connectivity index (χ2v) is 10.0. The summed E-state index contributed by atoms with van der Waals surface area (Å²) >= 11 is 1.75. The van der Waals surface area contributed by atoms with E-state index in [1.807, 2.05) is 38.1 Å². The van der Waals surface area contributed by atoms with Gasteiger partial charge in [-0.3, -0.25) is 4.98 Å². The molecule has 0 bridgehead atoms. The number of benzene rings is 4. The van der Waals surface area contributed by atoms with Crippen LogP contribution in [0, 0.1) is 0 Å². The van der Waals surface area contributed by atoms with Crippen molar-refractivity contribution in [2.75, 3.05) is 0 Å². The summed E-state index contributed by atoms with van der Waals surface area (Å²) in [6.07, 6.45) is 0.00444. The topological polar surface area (TPSA) is 12.9 Å². The molecule has 6 rings (SSSR count). The minimum atomic E-state index is -1.69. The van der Waals surface area contributed by atoms with Crippen molar-refractivity contribution in [2.24, 2.45) is 0 Å². The third-order valence-electron chi connectivity index (χ3n) is 6.39. The van der Waals surface area contributed by atoms with Crippen molar-refractivity contribution in [3.63, 3.8) is 0 Å². The molecule has 0 spiro atoms. The van der Waals surface area contributed by atoms with Crippen LogP contribution in [0.4, 0.5) is 0 Å². The molecular weight excluding hydrogens is 442 g/mol. The maximum atomic E-state index is 8.94. The highest BCUT2D eigenvalue weighted by molar-refractivity contribution is 7.26. The van der Waals surface area contributed by atoms with E-state index in [1.54, 1.807) is 35.7 Å². The van der Waals surface area contributed by atoms with Crippen LogP contribution in [0.5, 0.6) is 0 Å². The van der Waals surface area contributed by atoms with Gasteiger partial charge >= 0.3 is 0 Å². The van der Waals surface area contributed by atoms with Gasteiger partial charge in [0.15, 0.2) is 0 Å². The summed E-state index contributed by atoms with van der Waals surface area (Å²) in [6.45, 7) is 3.67. The van der Waals surface area contributed by atoms with Gasteiger partial charge in [-0.15, -0.1) is 11.3 Å². The number of nitrogens with zero attached hydrogens (tertiary/aromatic N) is 1. The van der Waals surface area contributed by atoms with Crippen LogP contribution in [0.25, 0.3) is 42.6 Å². The van der Waals surface area contributed by atoms with E-state index in [-0.39, 0.29) is 0 Å². The average molecular weight is 473 g/mol. The van der Waals surface area contributed by atoms with Crippen LogP contribution in [0.2, 0.25) is 0 Å². The van der Waals surface area contributed by atoms with Gasteiger partial charge in [-0.25, -0.2) is 0 Å². The Morgan fingerprint density at radius 1 is 0.771 bits per heavy atom. The summed E-state index contributed by atoms with van der Waals surface area (Å²) in [5.74, 6) is -0.722. The lowest BCUT2D eigenvalue weighted by atomic mass is 9.98. The molecule has 0 N–H and O–H groups in total. The molecule has 1 nitrogen and oxygen atoms in total. The Labute approximate surface area is 215 Å². The zero-order chi connectivity index (χ0) is 26.5. The highest BCUT2D eigenvalue weighted by atomic mass is 32.1. The highest BCUT2D eigenvalue weighted by Crippen LogP contribution is 2.41. The SMILES string of the molecule is [2H]C(C)(C)c1ccc(C([2H])([2H])c2ccnc(-c3cccc4c3sc3cc(-c5ccccc5)ccc34)c2)cc1. The van der Waals surface area contributed by atoms with Crippen molar-refractivity contribution in [1.82, 2.24) is 4.98 Å². The van der Waals surface area contributed by atoms with Gasteiger partial charge < -0.3 is 0 Å². The van der Waals surface area contributed by atoms with Crippen molar-refractivity contribution < 1.29 is 4.11 Å². The van der Waals surface area contributed by atoms with Gasteiger partial charge in [-0.1, -0.05) is 98.8 Å². The third kappa shape index (κ3) is 4.26. The van der Waals surface area contributed by atoms with Gasteiger partial charge in [-0.2, -0.15) is 0 Å². The van der Waals surface area contributed by atoms with E-state index in [9.17, 15) is 0 Å². The fraction of sp³-hybridized carbons (Fsp3) is 0.121. The molecule has 0 saturated carbocycles. The van der Waals surface area contributed by atoms with Crippen molar-refractivity contribution in [3.8, 4) is 22.4 Å². The second-order valence-electron chi connectivity index (χ2n) is 8.99. The summed E-state index contributed by atoms with van der Waals surface area (Å²) in [5.41, 5.74) is 6.15. The van der Waals surface area contributed by atoms with Gasteiger partial charge in [0.2, 0.25) is 0 Å². The summed E-state index contributed by atoms with van der Waals surface area (Å²) in [4.78, 5) is 4.66. The van der Waals surface area contributed by atoms with Crippen LogP contribution >= 0.6 is 11.3 Å². The van der Waals surface area contributed by atoms with Crippen LogP contribution < -0.4 is 0 Å². The number of thiophene rings is 1. The van der Waals surface area contributed by atoms with E-state index < -0.39 is 12.3 Å². The van der Waals surface area contributed by atoms with Crippen molar-refractivity contribution in [2.45, 2.75) is 26.1 Å². The fourth-order valence-electron chi connectivity index (χ4n) is 4.52. The molecule has 170 valence electrons. The number of aromatic nitrogens is 1. The lowest BCUT2D eigenvalue weighted by molar-refractivity contribution is 0.865. The number of hydrogen-bond donors (Lipinski definition) is 0. The van der Waals surface area contributed by atoms with Gasteiger partial charge in [0.1, 0.15) is 0 Å². The quantitative estimate of drug-likeness (QED) is 0.243. The first-order valence-corrected chi connectivity index (χ1v) is 12.6. The van der Waals surface area contributed by atoms with Crippen LogP contribution in [-0.4, -0.2) is 4.98 Å². The molecule has 2 aromatic heterocycles. The van der Waals surface area contributed by atoms with Crippen molar-refractivity contribution in [3.05, 3.63) is 126 Å². The van der Waals surface area contributed by atoms with Gasteiger partial charge in [0.05, 0.1) is 5.69 Å². The lowest BCUT2D eigenvalue weighted by Crippen LogP contribution is -1.93. The predicted molar refractivity (Wildman–Crippen MR) is 151 cm³/mol. The average Bonchev–Trinajstić information content (AvgIpc) is 3.31. The highest BCUT2D eigenvalue weighted by Gasteiger charge is 2.13. The van der Waals surface area contributed by atoms with E-state index in [0.717, 1.165) is 21.5 Å². The van der Waals surface area contributed by atoms with E-state index in [1.165, 1.54) is 26.6 Å². The third-order valence-corrected chi connectivity index (χ3v) is 7.59. The Morgan fingerprint density at radius 2 is 1.60 bits per heavy atom. The molecule has 35 heavy (non-hydrogen) atoms. The summed E-state index contributed by atoms with van der Waals surface area (Å²) in [6, 6.07) is 34.2. The molecular formula is C33H27NS. The van der Waals surface area contributed by atoms with Crippen LogP contribution in [0.3, 0.4) is 0 Å². The molecule has 0 saturated heterocycles. The molecule has 0 aliphatic rings. The van der Waals surface area contributed by atoms with E-state index in [4.69, 9.17) is 4.11 Å². The molecule has 0 aliphatic carbocycles. The molecule has 0 fully saturated rings. The molecule has 0 amide bonds. The Balaban J connectivity index is 1.42. The summed E-state index contributed by atoms with van der Waals surface area (Å²) in [5, 5.41) is 2.40. The number of hydrogen-bond acceptors (Lipinski definition) is 2. The summed E-state index contributed by atoms with van der Waals surface area (Å²) in [7, 11) is 0. The standard InChI is InChI=1S/C33H27NS/c1-22(2)25-13-11-23(12-14-25)19-24-17-18-34-31(20-24)30-10-6-9-29-28-16-15-27(21-32(28)35-33(29)30)26-7-4-3-5-8-26/h3-18,20-22H,19H2,1-2H3/i19D2,22D. The van der Waals surface area contributed by atoms with E-state index in [2.05, 4.69) is 65.6 Å². The van der Waals surface area contributed by atoms with Crippen LogP contribution in [0.15, 0.2) is 109 Å². The van der Waals surface area contributed by atoms with Gasteiger partial charge in [-0.05, 0) is 58.3 Å². The Morgan fingerprint density at radius 3 is 2.40 bits per heavy atom. The normalized spacial score (nSPS) is 13.5. The van der Waals surface area contributed by atoms with Crippen LogP contribution in [-0.2, 0) is 6.37 Å². The molecule has 0 unspecified atom stereocenters. The maximum absolute atomic E-state index is 8.94. The van der Waals surface area contributed by atoms with Crippen molar-refractivity contribution in [1.29, 1.82) is 0 Å². The minimum absolute atomic E-state index is 0.560. The molecule has 4 aromatic carbocycles. The second kappa shape index (κ2) is 9.13. The smallest absolute Gasteiger partial charge is 0.0719 e. The largest absolute Gasteiger partial charge is 0.256 e. The van der Waals surface area contributed by atoms with E-state index >= 15 is 0 Å². The Hall–Kier alpha value is -3.75. The van der Waals surface area contributed by atoms with Gasteiger partial charge in [0.25, 0.3) is 0 Å².